The van der Waals surface area contributed by atoms with E-state index in [1.165, 1.54) is 6.07 Å². The minimum absolute atomic E-state index is 0.138. The number of hydrogen-bond donors (Lipinski definition) is 1. The molecule has 1 fully saturated rings. The van der Waals surface area contributed by atoms with Gasteiger partial charge in [-0.1, -0.05) is 0 Å². The first-order chi connectivity index (χ1) is 12.1. The van der Waals surface area contributed by atoms with Crippen LogP contribution in [0.5, 0.6) is 0 Å². The number of aromatic nitrogens is 4. The van der Waals surface area contributed by atoms with E-state index in [0.717, 1.165) is 42.0 Å². The number of hydrogen-bond acceptors (Lipinski definition) is 7. The molecule has 1 aliphatic heterocycles. The molecule has 1 saturated heterocycles. The van der Waals surface area contributed by atoms with Crippen molar-refractivity contribution in [2.24, 2.45) is 0 Å². The molecule has 0 saturated carbocycles. The summed E-state index contributed by atoms with van der Waals surface area (Å²) in [5, 5.41) is 11.7. The van der Waals surface area contributed by atoms with Crippen molar-refractivity contribution in [2.75, 3.05) is 29.9 Å². The van der Waals surface area contributed by atoms with E-state index >= 15 is 0 Å². The molecule has 0 unspecified atom stereocenters. The Bertz CT molecular complexity index is 908. The fraction of sp³-hybridized carbons (Fsp3) is 0.312. The first-order valence-electron chi connectivity index (χ1n) is 8.00. The van der Waals surface area contributed by atoms with E-state index in [1.54, 1.807) is 18.6 Å². The zero-order valence-electron chi connectivity index (χ0n) is 13.7. The van der Waals surface area contributed by atoms with Crippen LogP contribution in [0.15, 0.2) is 36.9 Å². The van der Waals surface area contributed by atoms with Crippen molar-refractivity contribution >= 4 is 28.4 Å². The molecule has 3 aromatic rings. The number of rotatable bonds is 4. The van der Waals surface area contributed by atoms with Gasteiger partial charge in [-0.05, 0) is 28.5 Å². The van der Waals surface area contributed by atoms with E-state index in [0.29, 0.717) is 0 Å². The first kappa shape index (κ1) is 15.3. The predicted molar refractivity (Wildman–Crippen MR) is 93.8 cm³/mol. The van der Waals surface area contributed by atoms with E-state index in [-0.39, 0.29) is 11.9 Å². The Morgan fingerprint density at radius 2 is 2.20 bits per heavy atom. The van der Waals surface area contributed by atoms with Crippen molar-refractivity contribution in [1.82, 2.24) is 19.9 Å². The van der Waals surface area contributed by atoms with Gasteiger partial charge in [-0.25, -0.2) is 9.97 Å². The van der Waals surface area contributed by atoms with Crippen molar-refractivity contribution in [3.8, 4) is 0 Å². The van der Waals surface area contributed by atoms with E-state index in [9.17, 15) is 10.1 Å². The Morgan fingerprint density at radius 1 is 1.32 bits per heavy atom. The number of pyridine rings is 1. The van der Waals surface area contributed by atoms with Crippen LogP contribution in [0.1, 0.15) is 6.42 Å². The van der Waals surface area contributed by atoms with Gasteiger partial charge < -0.3 is 24.9 Å². The molecular weight excluding hydrogens is 322 g/mol. The summed E-state index contributed by atoms with van der Waals surface area (Å²) in [6.07, 6.45) is 5.97. The Morgan fingerprint density at radius 3 is 2.96 bits per heavy atom. The fourth-order valence-electron chi connectivity index (χ4n) is 3.27. The van der Waals surface area contributed by atoms with E-state index in [2.05, 4.69) is 29.7 Å². The molecular formula is C16H17N7O2. The number of nitrogens with one attached hydrogen (secondary N) is 1. The molecule has 9 nitrogen and oxygen atoms in total. The maximum Gasteiger partial charge on any atom is 0.363 e. The zero-order valence-corrected chi connectivity index (χ0v) is 13.7. The number of anilines is 2. The largest absolute Gasteiger partial charge is 0.367 e. The van der Waals surface area contributed by atoms with Crippen LogP contribution in [0.2, 0.25) is 0 Å². The SMILES string of the molecule is CN(c1ccc([N+](=O)[O-])nc1)[C@@H]1CCN(c2ncnc3[nH]ccc23)C1. The molecule has 25 heavy (non-hydrogen) atoms. The Labute approximate surface area is 143 Å². The monoisotopic (exact) mass is 339 g/mol. The van der Waals surface area contributed by atoms with Gasteiger partial charge in [0.1, 0.15) is 17.8 Å². The van der Waals surface area contributed by atoms with E-state index in [1.807, 2.05) is 19.3 Å². The van der Waals surface area contributed by atoms with Crippen molar-refractivity contribution in [3.63, 3.8) is 0 Å². The number of H-pyrrole nitrogens is 1. The Hall–Kier alpha value is -3.23. The summed E-state index contributed by atoms with van der Waals surface area (Å²) in [6.45, 7) is 1.72. The number of aromatic amines is 1. The number of nitro groups is 1. The molecule has 1 atom stereocenters. The molecule has 128 valence electrons. The van der Waals surface area contributed by atoms with Gasteiger partial charge in [0.2, 0.25) is 0 Å². The molecule has 1 aliphatic rings. The summed E-state index contributed by atoms with van der Waals surface area (Å²) in [5.74, 6) is 0.796. The second kappa shape index (κ2) is 6.00. The topological polar surface area (TPSA) is 104 Å². The molecule has 9 heteroatoms. The van der Waals surface area contributed by atoms with Crippen LogP contribution in [-0.4, -0.2) is 51.0 Å². The van der Waals surface area contributed by atoms with Crippen molar-refractivity contribution < 1.29 is 4.92 Å². The first-order valence-corrected chi connectivity index (χ1v) is 8.00. The number of likely N-dealkylation sites (N-methyl/N-ethyl adjacent to an activating group) is 1. The third kappa shape index (κ3) is 2.73. The van der Waals surface area contributed by atoms with Gasteiger partial charge in [-0.15, -0.1) is 0 Å². The second-order valence-electron chi connectivity index (χ2n) is 6.07. The maximum atomic E-state index is 10.7. The number of nitrogens with zero attached hydrogens (tertiary/aromatic N) is 6. The molecule has 4 heterocycles. The van der Waals surface area contributed by atoms with Crippen LogP contribution >= 0.6 is 0 Å². The average molecular weight is 339 g/mol. The average Bonchev–Trinajstić information content (AvgIpc) is 3.30. The van der Waals surface area contributed by atoms with Gasteiger partial charge >= 0.3 is 5.82 Å². The summed E-state index contributed by atoms with van der Waals surface area (Å²) in [6, 6.07) is 5.45. The van der Waals surface area contributed by atoms with Crippen molar-refractivity contribution in [3.05, 3.63) is 47.0 Å². The Kier molecular flexibility index (Phi) is 3.68. The van der Waals surface area contributed by atoms with Crippen LogP contribution < -0.4 is 9.80 Å². The molecule has 0 radical (unpaired) electrons. The van der Waals surface area contributed by atoms with Gasteiger partial charge in [0.25, 0.3) is 0 Å². The number of fused-ring (bicyclic) bond motifs is 1. The highest BCUT2D eigenvalue weighted by Gasteiger charge is 2.28. The summed E-state index contributed by atoms with van der Waals surface area (Å²) < 4.78 is 0. The minimum Gasteiger partial charge on any atom is -0.367 e. The third-order valence-electron chi connectivity index (χ3n) is 4.67. The quantitative estimate of drug-likeness (QED) is 0.572. The van der Waals surface area contributed by atoms with Crippen LogP contribution in [0, 0.1) is 10.1 Å². The lowest BCUT2D eigenvalue weighted by Gasteiger charge is -2.26. The van der Waals surface area contributed by atoms with Gasteiger partial charge in [0, 0.05) is 38.4 Å². The van der Waals surface area contributed by atoms with Crippen LogP contribution in [-0.2, 0) is 0 Å². The van der Waals surface area contributed by atoms with Crippen LogP contribution in [0.3, 0.4) is 0 Å². The summed E-state index contributed by atoms with van der Waals surface area (Å²) >= 11 is 0. The lowest BCUT2D eigenvalue weighted by molar-refractivity contribution is -0.389. The highest BCUT2D eigenvalue weighted by atomic mass is 16.6. The molecule has 0 aromatic carbocycles. The van der Waals surface area contributed by atoms with Gasteiger partial charge in [0.05, 0.1) is 11.1 Å². The lowest BCUT2D eigenvalue weighted by atomic mass is 10.2. The van der Waals surface area contributed by atoms with Crippen molar-refractivity contribution in [1.29, 1.82) is 0 Å². The van der Waals surface area contributed by atoms with E-state index in [4.69, 9.17) is 0 Å². The lowest BCUT2D eigenvalue weighted by Crippen LogP contribution is -2.34. The molecule has 0 aliphatic carbocycles. The van der Waals surface area contributed by atoms with Gasteiger partial charge in [-0.2, -0.15) is 0 Å². The third-order valence-corrected chi connectivity index (χ3v) is 4.67. The van der Waals surface area contributed by atoms with Crippen LogP contribution in [0.25, 0.3) is 11.0 Å². The molecule has 0 spiro atoms. The van der Waals surface area contributed by atoms with Crippen LogP contribution in [0.4, 0.5) is 17.3 Å². The standard InChI is InChI=1S/C16H17N7O2/c1-21(11-2-3-14(18-8-11)23(24)25)12-5-7-22(9-12)16-13-4-6-17-15(13)19-10-20-16/h2-4,6,8,10,12H,5,7,9H2,1H3,(H,17,19,20)/t12-/m1/s1. The molecule has 0 bridgehead atoms. The smallest absolute Gasteiger partial charge is 0.363 e. The minimum atomic E-state index is -0.488. The van der Waals surface area contributed by atoms with Gasteiger partial charge in [-0.3, -0.25) is 0 Å². The molecule has 0 amide bonds. The normalized spacial score (nSPS) is 17.2. The Balaban J connectivity index is 1.52. The zero-order chi connectivity index (χ0) is 17.4. The molecule has 4 rings (SSSR count). The summed E-state index contributed by atoms with van der Waals surface area (Å²) in [5.41, 5.74) is 1.70. The fourth-order valence-corrected chi connectivity index (χ4v) is 3.27. The van der Waals surface area contributed by atoms with Gasteiger partial charge in [0.15, 0.2) is 6.20 Å². The summed E-state index contributed by atoms with van der Waals surface area (Å²) in [7, 11) is 1.99. The predicted octanol–water partition coefficient (Wildman–Crippen LogP) is 1.98. The molecule has 3 aromatic heterocycles. The highest BCUT2D eigenvalue weighted by molar-refractivity contribution is 5.87. The van der Waals surface area contributed by atoms with Crippen molar-refractivity contribution in [2.45, 2.75) is 12.5 Å². The highest BCUT2D eigenvalue weighted by Crippen LogP contribution is 2.28. The second-order valence-corrected chi connectivity index (χ2v) is 6.07. The molecule has 1 N–H and O–H groups in total. The van der Waals surface area contributed by atoms with E-state index < -0.39 is 4.92 Å². The summed E-state index contributed by atoms with van der Waals surface area (Å²) in [4.78, 5) is 30.3. The maximum absolute atomic E-state index is 10.7.